The van der Waals surface area contributed by atoms with Crippen molar-refractivity contribution in [3.8, 4) is 0 Å². The van der Waals surface area contributed by atoms with E-state index in [1.807, 2.05) is 0 Å². The minimum atomic E-state index is -3.13. The van der Waals surface area contributed by atoms with Crippen molar-refractivity contribution < 1.29 is 8.42 Å². The number of unbranched alkanes of at least 4 members (excludes halogenated alkanes) is 3. The SMILES string of the molecule is CCCCCCS(=O)(=O)N1CCN(c2nc(Cc3ccc(C)cc3)ns2)CC1. The van der Waals surface area contributed by atoms with E-state index in [2.05, 4.69) is 52.4 Å². The van der Waals surface area contributed by atoms with Crippen LogP contribution >= 0.6 is 11.5 Å². The Hall–Kier alpha value is -1.51. The van der Waals surface area contributed by atoms with Gasteiger partial charge in [-0.25, -0.2) is 13.4 Å². The van der Waals surface area contributed by atoms with E-state index >= 15 is 0 Å². The van der Waals surface area contributed by atoms with Gasteiger partial charge in [0.2, 0.25) is 15.2 Å². The van der Waals surface area contributed by atoms with Gasteiger partial charge in [0.1, 0.15) is 5.82 Å². The molecule has 1 fully saturated rings. The predicted molar refractivity (Wildman–Crippen MR) is 116 cm³/mol. The van der Waals surface area contributed by atoms with Crippen LogP contribution in [0, 0.1) is 6.92 Å². The molecule has 154 valence electrons. The summed E-state index contributed by atoms with van der Waals surface area (Å²) in [5, 5.41) is 0.891. The quantitative estimate of drug-likeness (QED) is 0.579. The van der Waals surface area contributed by atoms with Crippen LogP contribution in [-0.4, -0.2) is 54.0 Å². The Labute approximate surface area is 172 Å². The van der Waals surface area contributed by atoms with Crippen LogP contribution in [0.15, 0.2) is 24.3 Å². The van der Waals surface area contributed by atoms with Crippen LogP contribution in [0.3, 0.4) is 0 Å². The van der Waals surface area contributed by atoms with Crippen LogP contribution in [0.1, 0.15) is 49.6 Å². The van der Waals surface area contributed by atoms with Crippen molar-refractivity contribution in [2.45, 2.75) is 46.0 Å². The monoisotopic (exact) mass is 422 g/mol. The van der Waals surface area contributed by atoms with Gasteiger partial charge >= 0.3 is 0 Å². The summed E-state index contributed by atoms with van der Waals surface area (Å²) in [4.78, 5) is 6.83. The Bertz CT molecular complexity index is 841. The lowest BCUT2D eigenvalue weighted by molar-refractivity contribution is 0.383. The van der Waals surface area contributed by atoms with Gasteiger partial charge in [-0.2, -0.15) is 8.68 Å². The fraction of sp³-hybridized carbons (Fsp3) is 0.600. The van der Waals surface area contributed by atoms with E-state index in [1.165, 1.54) is 22.7 Å². The normalized spacial score (nSPS) is 15.9. The molecule has 3 rings (SSSR count). The number of hydrogen-bond donors (Lipinski definition) is 0. The summed E-state index contributed by atoms with van der Waals surface area (Å²) in [5.41, 5.74) is 2.45. The van der Waals surface area contributed by atoms with E-state index in [9.17, 15) is 8.42 Å². The average Bonchev–Trinajstić information content (AvgIpc) is 3.16. The molecule has 1 aromatic carbocycles. The summed E-state index contributed by atoms with van der Waals surface area (Å²) in [5.74, 6) is 1.10. The molecule has 1 aliphatic heterocycles. The zero-order chi connectivity index (χ0) is 20.0. The zero-order valence-corrected chi connectivity index (χ0v) is 18.4. The first-order valence-corrected chi connectivity index (χ1v) is 12.5. The molecule has 1 aromatic heterocycles. The van der Waals surface area contributed by atoms with Crippen LogP contribution in [-0.2, 0) is 16.4 Å². The van der Waals surface area contributed by atoms with Gasteiger partial charge in [0, 0.05) is 44.1 Å². The second-order valence-corrected chi connectivity index (χ2v) is 10.2. The number of piperazine rings is 1. The fourth-order valence-electron chi connectivity index (χ4n) is 3.33. The Morgan fingerprint density at radius 2 is 1.75 bits per heavy atom. The molecule has 6 nitrogen and oxygen atoms in total. The van der Waals surface area contributed by atoms with E-state index in [0.717, 1.165) is 43.1 Å². The van der Waals surface area contributed by atoms with E-state index in [-0.39, 0.29) is 5.75 Å². The number of aromatic nitrogens is 2. The van der Waals surface area contributed by atoms with Gasteiger partial charge in [-0.1, -0.05) is 56.0 Å². The number of sulfonamides is 1. The van der Waals surface area contributed by atoms with Crippen molar-refractivity contribution in [1.82, 2.24) is 13.7 Å². The zero-order valence-electron chi connectivity index (χ0n) is 16.8. The summed E-state index contributed by atoms with van der Waals surface area (Å²) in [7, 11) is -3.13. The van der Waals surface area contributed by atoms with Gasteiger partial charge in [-0.3, -0.25) is 0 Å². The molecule has 0 aliphatic carbocycles. The molecular weight excluding hydrogens is 392 g/mol. The maximum atomic E-state index is 12.5. The highest BCUT2D eigenvalue weighted by molar-refractivity contribution is 7.89. The van der Waals surface area contributed by atoms with E-state index in [1.54, 1.807) is 4.31 Å². The van der Waals surface area contributed by atoms with E-state index < -0.39 is 10.0 Å². The molecule has 0 spiro atoms. The molecule has 0 amide bonds. The number of anilines is 1. The molecule has 2 heterocycles. The first-order valence-electron chi connectivity index (χ1n) is 10.1. The lowest BCUT2D eigenvalue weighted by Gasteiger charge is -2.33. The van der Waals surface area contributed by atoms with Crippen molar-refractivity contribution in [2.75, 3.05) is 36.8 Å². The third-order valence-electron chi connectivity index (χ3n) is 5.10. The minimum Gasteiger partial charge on any atom is -0.344 e. The minimum absolute atomic E-state index is 0.270. The van der Waals surface area contributed by atoms with Gasteiger partial charge < -0.3 is 4.90 Å². The highest BCUT2D eigenvalue weighted by Gasteiger charge is 2.27. The summed E-state index contributed by atoms with van der Waals surface area (Å²) in [6.45, 7) is 6.62. The van der Waals surface area contributed by atoms with Gasteiger partial charge in [0.15, 0.2) is 0 Å². The van der Waals surface area contributed by atoms with E-state index in [0.29, 0.717) is 26.2 Å². The van der Waals surface area contributed by atoms with Crippen LogP contribution in [0.5, 0.6) is 0 Å². The molecule has 28 heavy (non-hydrogen) atoms. The molecule has 0 N–H and O–H groups in total. The van der Waals surface area contributed by atoms with Gasteiger partial charge in [-0.15, -0.1) is 0 Å². The molecular formula is C20H30N4O2S2. The van der Waals surface area contributed by atoms with Crippen molar-refractivity contribution >= 4 is 26.7 Å². The van der Waals surface area contributed by atoms with Gasteiger partial charge in [0.05, 0.1) is 5.75 Å². The molecule has 1 saturated heterocycles. The molecule has 0 bridgehead atoms. The van der Waals surface area contributed by atoms with Crippen molar-refractivity contribution in [1.29, 1.82) is 0 Å². The number of rotatable bonds is 9. The molecule has 0 atom stereocenters. The third-order valence-corrected chi connectivity index (χ3v) is 7.87. The standard InChI is InChI=1S/C20H30N4O2S2/c1-3-4-5-6-15-28(25,26)24-13-11-23(12-14-24)20-21-19(22-27-20)16-18-9-7-17(2)8-10-18/h7-10H,3-6,11-16H2,1-2H3. The maximum absolute atomic E-state index is 12.5. The average molecular weight is 423 g/mol. The lowest BCUT2D eigenvalue weighted by Crippen LogP contribution is -2.49. The Morgan fingerprint density at radius 1 is 1.04 bits per heavy atom. The van der Waals surface area contributed by atoms with Crippen LogP contribution < -0.4 is 4.90 Å². The maximum Gasteiger partial charge on any atom is 0.214 e. The number of nitrogens with zero attached hydrogens (tertiary/aromatic N) is 4. The summed E-state index contributed by atoms with van der Waals surface area (Å²) in [6, 6.07) is 8.43. The third kappa shape index (κ3) is 5.75. The number of benzene rings is 1. The smallest absolute Gasteiger partial charge is 0.214 e. The second kappa shape index (κ2) is 9.80. The topological polar surface area (TPSA) is 66.4 Å². The number of aryl methyl sites for hydroxylation is 1. The summed E-state index contributed by atoms with van der Waals surface area (Å²) in [6.07, 6.45) is 4.69. The van der Waals surface area contributed by atoms with Crippen molar-refractivity contribution in [2.24, 2.45) is 0 Å². The highest BCUT2D eigenvalue weighted by atomic mass is 32.2. The first kappa shape index (κ1) is 21.2. The molecule has 0 saturated carbocycles. The number of hydrogen-bond acceptors (Lipinski definition) is 6. The second-order valence-electron chi connectivity index (χ2n) is 7.42. The van der Waals surface area contributed by atoms with Crippen LogP contribution in [0.2, 0.25) is 0 Å². The highest BCUT2D eigenvalue weighted by Crippen LogP contribution is 2.21. The Morgan fingerprint density at radius 3 is 2.43 bits per heavy atom. The van der Waals surface area contributed by atoms with Crippen LogP contribution in [0.25, 0.3) is 0 Å². The van der Waals surface area contributed by atoms with Crippen LogP contribution in [0.4, 0.5) is 5.13 Å². The van der Waals surface area contributed by atoms with Gasteiger partial charge in [-0.05, 0) is 18.9 Å². The molecule has 1 aliphatic rings. The largest absolute Gasteiger partial charge is 0.344 e. The van der Waals surface area contributed by atoms with Crippen molar-refractivity contribution in [3.63, 3.8) is 0 Å². The molecule has 0 radical (unpaired) electrons. The van der Waals surface area contributed by atoms with E-state index in [4.69, 9.17) is 0 Å². The van der Waals surface area contributed by atoms with Gasteiger partial charge in [0.25, 0.3) is 0 Å². The molecule has 0 unspecified atom stereocenters. The molecule has 2 aromatic rings. The van der Waals surface area contributed by atoms with Crippen molar-refractivity contribution in [3.05, 3.63) is 41.2 Å². The lowest BCUT2D eigenvalue weighted by atomic mass is 10.1. The Balaban J connectivity index is 1.51. The fourth-order valence-corrected chi connectivity index (χ4v) is 5.61. The Kier molecular flexibility index (Phi) is 7.42. The predicted octanol–water partition coefficient (Wildman–Crippen LogP) is 3.47. The first-order chi connectivity index (χ1) is 13.5. The molecule has 8 heteroatoms. The summed E-state index contributed by atoms with van der Waals surface area (Å²) < 4.78 is 31.1. The summed E-state index contributed by atoms with van der Waals surface area (Å²) >= 11 is 1.40.